The third-order valence-corrected chi connectivity index (χ3v) is 4.77. The smallest absolute Gasteiger partial charge is 0.0836 e. The Labute approximate surface area is 102 Å². The van der Waals surface area contributed by atoms with Crippen molar-refractivity contribution in [3.8, 4) is 0 Å². The molecular weight excluding hydrogens is 218 g/mol. The van der Waals surface area contributed by atoms with E-state index in [1.807, 2.05) is 11.3 Å². The Morgan fingerprint density at radius 3 is 2.69 bits per heavy atom. The molecule has 2 heterocycles. The van der Waals surface area contributed by atoms with Gasteiger partial charge in [-0.05, 0) is 38.9 Å². The van der Waals surface area contributed by atoms with Crippen LogP contribution in [0.5, 0.6) is 0 Å². The normalized spacial score (nSPS) is 31.1. The Bertz CT molecular complexity index is 351. The highest BCUT2D eigenvalue weighted by atomic mass is 32.1. The molecule has 0 radical (unpaired) electrons. The van der Waals surface area contributed by atoms with Gasteiger partial charge in [0.05, 0.1) is 5.60 Å². The van der Waals surface area contributed by atoms with E-state index >= 15 is 0 Å². The van der Waals surface area contributed by atoms with E-state index in [4.69, 9.17) is 0 Å². The molecule has 0 aromatic carbocycles. The number of thiophene rings is 1. The average Bonchev–Trinajstić information content (AvgIpc) is 2.73. The molecule has 0 saturated carbocycles. The van der Waals surface area contributed by atoms with Crippen LogP contribution in [0.2, 0.25) is 0 Å². The predicted octanol–water partition coefficient (Wildman–Crippen LogP) is 2.31. The van der Waals surface area contributed by atoms with Crippen LogP contribution in [0, 0.1) is 0 Å². The molecule has 2 nitrogen and oxygen atoms in total. The van der Waals surface area contributed by atoms with Gasteiger partial charge in [0.15, 0.2) is 0 Å². The molecule has 0 spiro atoms. The van der Waals surface area contributed by atoms with Crippen LogP contribution in [-0.2, 0) is 12.8 Å². The Morgan fingerprint density at radius 1 is 1.50 bits per heavy atom. The lowest BCUT2D eigenvalue weighted by Gasteiger charge is -2.21. The molecule has 1 aliphatic heterocycles. The lowest BCUT2D eigenvalue weighted by molar-refractivity contribution is 0.0528. The van der Waals surface area contributed by atoms with Gasteiger partial charge in [-0.2, -0.15) is 0 Å². The summed E-state index contributed by atoms with van der Waals surface area (Å²) in [4.78, 5) is 4.98. The molecule has 1 saturated heterocycles. The van der Waals surface area contributed by atoms with Crippen LogP contribution < -0.4 is 0 Å². The zero-order chi connectivity index (χ0) is 11.8. The first-order chi connectivity index (χ1) is 7.52. The van der Waals surface area contributed by atoms with Gasteiger partial charge >= 0.3 is 0 Å². The quantitative estimate of drug-likeness (QED) is 0.875. The standard InChI is InChI=1S/C13H21NOS/c1-4-11-5-6-12(16-11)8-13(15)7-10(2)14(3)9-13/h5-6,10,15H,4,7-9H2,1-3H3. The van der Waals surface area contributed by atoms with Gasteiger partial charge in [-0.25, -0.2) is 0 Å². The number of likely N-dealkylation sites (tertiary alicyclic amines) is 1. The number of nitrogens with zero attached hydrogens (tertiary/aromatic N) is 1. The highest BCUT2D eigenvalue weighted by molar-refractivity contribution is 7.12. The van der Waals surface area contributed by atoms with E-state index in [0.717, 1.165) is 25.8 Å². The molecule has 1 N–H and O–H groups in total. The zero-order valence-electron chi connectivity index (χ0n) is 10.4. The number of aryl methyl sites for hydroxylation is 1. The fraction of sp³-hybridized carbons (Fsp3) is 0.692. The third kappa shape index (κ3) is 2.47. The highest BCUT2D eigenvalue weighted by Crippen LogP contribution is 2.31. The molecule has 3 heteroatoms. The average molecular weight is 239 g/mol. The topological polar surface area (TPSA) is 23.5 Å². The maximum atomic E-state index is 10.5. The summed E-state index contributed by atoms with van der Waals surface area (Å²) in [6.45, 7) is 5.16. The molecule has 2 rings (SSSR count). The molecule has 1 aliphatic rings. The van der Waals surface area contributed by atoms with Gasteiger partial charge in [0.2, 0.25) is 0 Å². The molecule has 2 atom stereocenters. The van der Waals surface area contributed by atoms with E-state index < -0.39 is 5.60 Å². The number of β-amino-alcohol motifs (C(OH)–C–C–N with tert-alkyl or cyclic N) is 1. The molecular formula is C13H21NOS. The van der Waals surface area contributed by atoms with Gasteiger partial charge in [-0.15, -0.1) is 11.3 Å². The van der Waals surface area contributed by atoms with Crippen LogP contribution in [0.25, 0.3) is 0 Å². The Balaban J connectivity index is 2.04. The number of hydrogen-bond donors (Lipinski definition) is 1. The van der Waals surface area contributed by atoms with Crippen LogP contribution in [-0.4, -0.2) is 35.2 Å². The minimum Gasteiger partial charge on any atom is -0.388 e. The van der Waals surface area contributed by atoms with E-state index in [0.29, 0.717) is 6.04 Å². The summed E-state index contributed by atoms with van der Waals surface area (Å²) in [5, 5.41) is 10.5. The van der Waals surface area contributed by atoms with Crippen molar-refractivity contribution in [1.29, 1.82) is 0 Å². The second kappa shape index (κ2) is 4.47. The molecule has 1 aromatic rings. The number of rotatable bonds is 3. The van der Waals surface area contributed by atoms with E-state index in [1.54, 1.807) is 0 Å². The monoisotopic (exact) mass is 239 g/mol. The van der Waals surface area contributed by atoms with Crippen LogP contribution in [0.3, 0.4) is 0 Å². The molecule has 1 fully saturated rings. The molecule has 2 unspecified atom stereocenters. The fourth-order valence-electron chi connectivity index (χ4n) is 2.55. The summed E-state index contributed by atoms with van der Waals surface area (Å²) in [5.41, 5.74) is -0.510. The zero-order valence-corrected chi connectivity index (χ0v) is 11.2. The first kappa shape index (κ1) is 12.1. The number of likely N-dealkylation sites (N-methyl/N-ethyl adjacent to an activating group) is 1. The first-order valence-electron chi connectivity index (χ1n) is 6.02. The van der Waals surface area contributed by atoms with E-state index in [1.165, 1.54) is 9.75 Å². The Kier molecular flexibility index (Phi) is 3.38. The molecule has 16 heavy (non-hydrogen) atoms. The predicted molar refractivity (Wildman–Crippen MR) is 69.1 cm³/mol. The van der Waals surface area contributed by atoms with Crippen molar-refractivity contribution < 1.29 is 5.11 Å². The molecule has 1 aromatic heterocycles. The summed E-state index contributed by atoms with van der Waals surface area (Å²) < 4.78 is 0. The largest absolute Gasteiger partial charge is 0.388 e. The summed E-state index contributed by atoms with van der Waals surface area (Å²) >= 11 is 1.84. The number of hydrogen-bond acceptors (Lipinski definition) is 3. The van der Waals surface area contributed by atoms with E-state index in [2.05, 4.69) is 37.9 Å². The Morgan fingerprint density at radius 2 is 2.19 bits per heavy atom. The van der Waals surface area contributed by atoms with Crippen LogP contribution in [0.4, 0.5) is 0 Å². The molecule has 90 valence electrons. The lowest BCUT2D eigenvalue weighted by Crippen LogP contribution is -2.34. The maximum absolute atomic E-state index is 10.5. The van der Waals surface area contributed by atoms with Crippen LogP contribution >= 0.6 is 11.3 Å². The molecule has 0 amide bonds. The molecule has 0 aliphatic carbocycles. The second-order valence-electron chi connectivity index (χ2n) is 5.09. The Hall–Kier alpha value is -0.380. The SMILES string of the molecule is CCc1ccc(CC2(O)CC(C)N(C)C2)s1. The van der Waals surface area contributed by atoms with Gasteiger partial charge in [-0.3, -0.25) is 0 Å². The summed E-state index contributed by atoms with van der Waals surface area (Å²) in [5.74, 6) is 0. The van der Waals surface area contributed by atoms with E-state index in [-0.39, 0.29) is 0 Å². The van der Waals surface area contributed by atoms with Crippen LogP contribution in [0.15, 0.2) is 12.1 Å². The maximum Gasteiger partial charge on any atom is 0.0836 e. The lowest BCUT2D eigenvalue weighted by atomic mass is 9.96. The van der Waals surface area contributed by atoms with Crippen molar-refractivity contribution in [3.63, 3.8) is 0 Å². The van der Waals surface area contributed by atoms with Gasteiger partial charge in [-0.1, -0.05) is 6.92 Å². The van der Waals surface area contributed by atoms with Crippen molar-refractivity contribution in [2.45, 2.75) is 44.8 Å². The van der Waals surface area contributed by atoms with Crippen molar-refractivity contribution in [2.75, 3.05) is 13.6 Å². The minimum absolute atomic E-state index is 0.496. The minimum atomic E-state index is -0.510. The van der Waals surface area contributed by atoms with Gasteiger partial charge in [0, 0.05) is 28.8 Å². The van der Waals surface area contributed by atoms with Gasteiger partial charge in [0.1, 0.15) is 0 Å². The van der Waals surface area contributed by atoms with Crippen molar-refractivity contribution in [2.24, 2.45) is 0 Å². The highest BCUT2D eigenvalue weighted by Gasteiger charge is 2.39. The second-order valence-corrected chi connectivity index (χ2v) is 6.34. The van der Waals surface area contributed by atoms with Crippen molar-refractivity contribution in [3.05, 3.63) is 21.9 Å². The molecule has 0 bridgehead atoms. The van der Waals surface area contributed by atoms with Gasteiger partial charge in [0.25, 0.3) is 0 Å². The fourth-order valence-corrected chi connectivity index (χ4v) is 3.64. The number of aliphatic hydroxyl groups is 1. The van der Waals surface area contributed by atoms with E-state index in [9.17, 15) is 5.11 Å². The summed E-state index contributed by atoms with van der Waals surface area (Å²) in [7, 11) is 2.09. The van der Waals surface area contributed by atoms with Crippen molar-refractivity contribution >= 4 is 11.3 Å². The summed E-state index contributed by atoms with van der Waals surface area (Å²) in [6.07, 6.45) is 2.80. The van der Waals surface area contributed by atoms with Crippen molar-refractivity contribution in [1.82, 2.24) is 4.90 Å². The van der Waals surface area contributed by atoms with Crippen LogP contribution in [0.1, 0.15) is 30.0 Å². The summed E-state index contributed by atoms with van der Waals surface area (Å²) in [6, 6.07) is 4.85. The first-order valence-corrected chi connectivity index (χ1v) is 6.84. The third-order valence-electron chi connectivity index (χ3n) is 3.54. The van der Waals surface area contributed by atoms with Gasteiger partial charge < -0.3 is 10.0 Å².